The second-order valence-corrected chi connectivity index (χ2v) is 4.49. The molecule has 3 aromatic rings. The fraction of sp³-hybridized carbons (Fsp3) is 0.158. The van der Waals surface area contributed by atoms with Gasteiger partial charge in [0.05, 0.1) is 5.52 Å². The van der Waals surface area contributed by atoms with E-state index in [1.807, 2.05) is 56.3 Å². The Hall–Kier alpha value is -2.48. The second-order valence-electron chi connectivity index (χ2n) is 4.49. The van der Waals surface area contributed by atoms with Crippen molar-refractivity contribution in [1.82, 2.24) is 4.98 Å². The van der Waals surface area contributed by atoms with E-state index >= 15 is 0 Å². The van der Waals surface area contributed by atoms with Gasteiger partial charge in [0, 0.05) is 17.1 Å². The molecule has 3 rings (SSSR count). The fourth-order valence-corrected chi connectivity index (χ4v) is 2.30. The molecule has 0 amide bonds. The number of carbonyl (C=O) groups is 1. The summed E-state index contributed by atoms with van der Waals surface area (Å²) in [5.41, 5.74) is 3.76. The van der Waals surface area contributed by atoms with Gasteiger partial charge < -0.3 is 0 Å². The molecule has 0 aliphatic carbocycles. The average molecular weight is 277 g/mol. The summed E-state index contributed by atoms with van der Waals surface area (Å²) in [7, 11) is 0. The predicted octanol–water partition coefficient (Wildman–Crippen LogP) is 4.66. The van der Waals surface area contributed by atoms with Crippen molar-refractivity contribution in [3.05, 3.63) is 77.5 Å². The molecule has 0 aliphatic heterocycles. The van der Waals surface area contributed by atoms with E-state index < -0.39 is 0 Å². The first-order valence-corrected chi connectivity index (χ1v) is 7.24. The maximum atomic E-state index is 11.4. The monoisotopic (exact) mass is 277 g/mol. The summed E-state index contributed by atoms with van der Waals surface area (Å²) in [5.74, 6) is 0. The van der Waals surface area contributed by atoms with Gasteiger partial charge >= 0.3 is 0 Å². The highest BCUT2D eigenvalue weighted by atomic mass is 16.1. The summed E-state index contributed by atoms with van der Waals surface area (Å²) in [5, 5.41) is 0.922. The first-order chi connectivity index (χ1) is 10.4. The molecule has 0 saturated heterocycles. The van der Waals surface area contributed by atoms with Gasteiger partial charge in [0.2, 0.25) is 0 Å². The van der Waals surface area contributed by atoms with Crippen LogP contribution in [0.2, 0.25) is 0 Å². The van der Waals surface area contributed by atoms with Gasteiger partial charge in [0.1, 0.15) is 0 Å². The molecule has 2 heteroatoms. The Balaban J connectivity index is 0.000000774. The molecule has 0 radical (unpaired) electrons. The van der Waals surface area contributed by atoms with Crippen molar-refractivity contribution in [1.29, 1.82) is 0 Å². The van der Waals surface area contributed by atoms with Crippen LogP contribution in [0.25, 0.3) is 10.9 Å². The lowest BCUT2D eigenvalue weighted by Gasteiger charge is -2.07. The number of rotatable bonds is 3. The molecule has 21 heavy (non-hydrogen) atoms. The van der Waals surface area contributed by atoms with E-state index in [0.717, 1.165) is 34.7 Å². The fourth-order valence-electron chi connectivity index (χ4n) is 2.30. The highest BCUT2D eigenvalue weighted by Crippen LogP contribution is 2.21. The van der Waals surface area contributed by atoms with Gasteiger partial charge in [-0.1, -0.05) is 62.4 Å². The summed E-state index contributed by atoms with van der Waals surface area (Å²) in [6.45, 7) is 4.00. The Labute approximate surface area is 125 Å². The lowest BCUT2D eigenvalue weighted by atomic mass is 9.99. The number of carbonyl (C=O) groups excluding carboxylic acids is 1. The minimum atomic E-state index is 0.729. The van der Waals surface area contributed by atoms with Crippen molar-refractivity contribution in [2.75, 3.05) is 0 Å². The van der Waals surface area contributed by atoms with Gasteiger partial charge in [-0.05, 0) is 23.6 Å². The van der Waals surface area contributed by atoms with Crippen LogP contribution in [0.3, 0.4) is 0 Å². The second kappa shape index (κ2) is 7.34. The van der Waals surface area contributed by atoms with Crippen molar-refractivity contribution in [2.45, 2.75) is 20.3 Å². The topological polar surface area (TPSA) is 30.0 Å². The molecule has 0 spiro atoms. The van der Waals surface area contributed by atoms with Gasteiger partial charge in [0.15, 0.2) is 6.29 Å². The van der Waals surface area contributed by atoms with Gasteiger partial charge in [-0.2, -0.15) is 0 Å². The summed E-state index contributed by atoms with van der Waals surface area (Å²) < 4.78 is 0. The number of aromatic nitrogens is 1. The van der Waals surface area contributed by atoms with Crippen LogP contribution < -0.4 is 0 Å². The summed E-state index contributed by atoms with van der Waals surface area (Å²) in [6.07, 6.45) is 3.47. The molecule has 0 saturated carbocycles. The number of hydrogen-bond acceptors (Lipinski definition) is 2. The standard InChI is InChI=1S/C17H13NO.C2H6/c19-12-16-14(10-13-6-2-1-3-7-13)11-18-17-9-5-4-8-15(16)17;1-2/h1-9,11-12H,10H2;1-2H3. The zero-order valence-corrected chi connectivity index (χ0v) is 12.4. The molecule has 2 nitrogen and oxygen atoms in total. The first kappa shape index (κ1) is 14.9. The number of hydrogen-bond donors (Lipinski definition) is 0. The molecule has 0 fully saturated rings. The van der Waals surface area contributed by atoms with E-state index in [1.54, 1.807) is 6.20 Å². The third-order valence-corrected chi connectivity index (χ3v) is 3.25. The summed E-state index contributed by atoms with van der Waals surface area (Å²) in [4.78, 5) is 15.8. The molecule has 1 aromatic heterocycles. The van der Waals surface area contributed by atoms with E-state index in [-0.39, 0.29) is 0 Å². The van der Waals surface area contributed by atoms with E-state index in [2.05, 4.69) is 17.1 Å². The molecule has 2 aromatic carbocycles. The molecule has 0 aliphatic rings. The van der Waals surface area contributed by atoms with Crippen LogP contribution in [0, 0.1) is 0 Å². The van der Waals surface area contributed by atoms with Crippen molar-refractivity contribution in [3.63, 3.8) is 0 Å². The van der Waals surface area contributed by atoms with Crippen LogP contribution in [0.4, 0.5) is 0 Å². The van der Waals surface area contributed by atoms with Gasteiger partial charge in [-0.15, -0.1) is 0 Å². The molecular weight excluding hydrogens is 258 g/mol. The van der Waals surface area contributed by atoms with E-state index in [9.17, 15) is 4.79 Å². The molecule has 0 unspecified atom stereocenters. The van der Waals surface area contributed by atoms with E-state index in [1.165, 1.54) is 5.56 Å². The SMILES string of the molecule is CC.O=Cc1c(Cc2ccccc2)cnc2ccccc12. The van der Waals surface area contributed by atoms with Crippen LogP contribution in [-0.4, -0.2) is 11.3 Å². The number of pyridine rings is 1. The minimum absolute atomic E-state index is 0.729. The predicted molar refractivity (Wildman–Crippen MR) is 87.7 cm³/mol. The number of para-hydroxylation sites is 1. The van der Waals surface area contributed by atoms with Gasteiger partial charge in [-0.3, -0.25) is 9.78 Å². The molecular formula is C19H19NO. The summed E-state index contributed by atoms with van der Waals surface area (Å²) >= 11 is 0. The maximum absolute atomic E-state index is 11.4. The minimum Gasteiger partial charge on any atom is -0.298 e. The van der Waals surface area contributed by atoms with Crippen LogP contribution in [0.5, 0.6) is 0 Å². The highest BCUT2D eigenvalue weighted by Gasteiger charge is 2.08. The molecule has 106 valence electrons. The van der Waals surface area contributed by atoms with Crippen LogP contribution in [-0.2, 0) is 6.42 Å². The number of benzene rings is 2. The molecule has 0 N–H and O–H groups in total. The Morgan fingerprint density at radius 3 is 2.33 bits per heavy atom. The van der Waals surface area contributed by atoms with E-state index in [4.69, 9.17) is 0 Å². The zero-order chi connectivity index (χ0) is 15.1. The Morgan fingerprint density at radius 1 is 0.952 bits per heavy atom. The Kier molecular flexibility index (Phi) is 5.22. The van der Waals surface area contributed by atoms with Crippen LogP contribution in [0.15, 0.2) is 60.8 Å². The molecule has 1 heterocycles. The van der Waals surface area contributed by atoms with Crippen molar-refractivity contribution >= 4 is 17.2 Å². The molecule has 0 atom stereocenters. The normalized spacial score (nSPS) is 9.81. The first-order valence-electron chi connectivity index (χ1n) is 7.24. The van der Waals surface area contributed by atoms with E-state index in [0.29, 0.717) is 0 Å². The third kappa shape index (κ3) is 3.34. The quantitative estimate of drug-likeness (QED) is 0.651. The van der Waals surface area contributed by atoms with Gasteiger partial charge in [-0.25, -0.2) is 0 Å². The number of nitrogens with zero attached hydrogens (tertiary/aromatic N) is 1. The summed E-state index contributed by atoms with van der Waals surface area (Å²) in [6, 6.07) is 17.9. The lowest BCUT2D eigenvalue weighted by molar-refractivity contribution is 0.112. The largest absolute Gasteiger partial charge is 0.298 e. The number of aldehydes is 1. The van der Waals surface area contributed by atoms with Crippen molar-refractivity contribution < 1.29 is 4.79 Å². The van der Waals surface area contributed by atoms with Crippen molar-refractivity contribution in [3.8, 4) is 0 Å². The Bertz CT molecular complexity index is 720. The molecule has 0 bridgehead atoms. The Morgan fingerprint density at radius 2 is 1.62 bits per heavy atom. The average Bonchev–Trinajstić information content (AvgIpc) is 2.57. The maximum Gasteiger partial charge on any atom is 0.151 e. The zero-order valence-electron chi connectivity index (χ0n) is 12.4. The third-order valence-electron chi connectivity index (χ3n) is 3.25. The van der Waals surface area contributed by atoms with Crippen LogP contribution in [0.1, 0.15) is 35.3 Å². The van der Waals surface area contributed by atoms with Gasteiger partial charge in [0.25, 0.3) is 0 Å². The van der Waals surface area contributed by atoms with Crippen LogP contribution >= 0.6 is 0 Å². The van der Waals surface area contributed by atoms with Crippen molar-refractivity contribution in [2.24, 2.45) is 0 Å². The lowest BCUT2D eigenvalue weighted by Crippen LogP contribution is -1.97. The highest BCUT2D eigenvalue weighted by molar-refractivity contribution is 5.97. The smallest absolute Gasteiger partial charge is 0.151 e. The number of fused-ring (bicyclic) bond motifs is 1.